The molecule has 0 aromatic heterocycles. The number of aliphatic carboxylic acids is 2. The zero-order chi connectivity index (χ0) is 22.6. The largest absolute Gasteiger partial charge is 0.497 e. The number of carboxylic acid groups (broad SMARTS) is 2. The highest BCUT2D eigenvalue weighted by Crippen LogP contribution is 2.13. The molecule has 2 aromatic rings. The van der Waals surface area contributed by atoms with Crippen LogP contribution in [0.15, 0.2) is 54.6 Å². The topological polar surface area (TPSA) is 125 Å². The fourth-order valence-electron chi connectivity index (χ4n) is 3.15. The van der Waals surface area contributed by atoms with E-state index in [1.165, 1.54) is 0 Å². The van der Waals surface area contributed by atoms with Crippen LogP contribution in [0.2, 0.25) is 0 Å². The monoisotopic (exact) mass is 428 g/mol. The number of carbonyl (C=O) groups excluding carboxylic acids is 1. The van der Waals surface area contributed by atoms with Crippen molar-refractivity contribution in [3.63, 3.8) is 0 Å². The summed E-state index contributed by atoms with van der Waals surface area (Å²) in [7, 11) is 1.60. The van der Waals surface area contributed by atoms with Gasteiger partial charge in [-0.05, 0) is 42.6 Å². The molecular formula is C23H28N2O6. The van der Waals surface area contributed by atoms with E-state index < -0.39 is 36.4 Å². The highest BCUT2D eigenvalue weighted by Gasteiger charge is 2.26. The first-order valence-corrected chi connectivity index (χ1v) is 10.0. The van der Waals surface area contributed by atoms with Gasteiger partial charge < -0.3 is 25.6 Å². The van der Waals surface area contributed by atoms with Crippen LogP contribution >= 0.6 is 0 Å². The Morgan fingerprint density at radius 1 is 0.968 bits per heavy atom. The molecule has 0 heterocycles. The summed E-state index contributed by atoms with van der Waals surface area (Å²) in [6.45, 7) is 0.402. The SMILES string of the molecule is COc1cccc(CCCN[C@@H](CC(=O)O)C(=O)N[C@@H](Cc2ccccc2)C(=O)O)c1. The number of ether oxygens (including phenoxy) is 1. The van der Waals surface area contributed by atoms with Gasteiger partial charge in [-0.15, -0.1) is 0 Å². The molecule has 31 heavy (non-hydrogen) atoms. The van der Waals surface area contributed by atoms with Gasteiger partial charge in [-0.25, -0.2) is 4.79 Å². The molecule has 0 saturated carbocycles. The van der Waals surface area contributed by atoms with E-state index in [1.807, 2.05) is 30.3 Å². The quantitative estimate of drug-likeness (QED) is 0.359. The van der Waals surface area contributed by atoms with Gasteiger partial charge in [0, 0.05) is 6.42 Å². The minimum absolute atomic E-state index is 0.109. The summed E-state index contributed by atoms with van der Waals surface area (Å²) >= 11 is 0. The number of carboxylic acids is 2. The van der Waals surface area contributed by atoms with Crippen LogP contribution in [-0.2, 0) is 27.2 Å². The Bertz CT molecular complexity index is 871. The predicted octanol–water partition coefficient (Wildman–Crippen LogP) is 1.87. The summed E-state index contributed by atoms with van der Waals surface area (Å²) in [6, 6.07) is 14.4. The van der Waals surface area contributed by atoms with Crippen molar-refractivity contribution in [3.05, 3.63) is 65.7 Å². The van der Waals surface area contributed by atoms with Crippen LogP contribution in [0, 0.1) is 0 Å². The molecule has 166 valence electrons. The van der Waals surface area contributed by atoms with E-state index in [-0.39, 0.29) is 6.42 Å². The number of nitrogens with one attached hydrogen (secondary N) is 2. The maximum atomic E-state index is 12.6. The third kappa shape index (κ3) is 8.47. The molecule has 2 atom stereocenters. The van der Waals surface area contributed by atoms with Crippen molar-refractivity contribution < 1.29 is 29.3 Å². The van der Waals surface area contributed by atoms with E-state index in [9.17, 15) is 19.5 Å². The van der Waals surface area contributed by atoms with E-state index in [2.05, 4.69) is 10.6 Å². The zero-order valence-electron chi connectivity index (χ0n) is 17.4. The Balaban J connectivity index is 1.92. The van der Waals surface area contributed by atoms with E-state index >= 15 is 0 Å². The second-order valence-electron chi connectivity index (χ2n) is 7.15. The molecule has 2 aromatic carbocycles. The van der Waals surface area contributed by atoms with Gasteiger partial charge >= 0.3 is 11.9 Å². The van der Waals surface area contributed by atoms with Gasteiger partial charge in [-0.1, -0.05) is 42.5 Å². The van der Waals surface area contributed by atoms with Crippen LogP contribution in [-0.4, -0.2) is 53.8 Å². The standard InChI is InChI=1S/C23H28N2O6/c1-31-18-11-5-9-16(13-18)10-6-12-24-19(15-21(26)27)22(28)25-20(23(29)30)14-17-7-3-2-4-8-17/h2-5,7-9,11,13,19-20,24H,6,10,12,14-15H2,1H3,(H,25,28)(H,26,27)(H,29,30)/t19-,20-/m0/s1. The summed E-state index contributed by atoms with van der Waals surface area (Å²) in [5.41, 5.74) is 1.82. The smallest absolute Gasteiger partial charge is 0.326 e. The Labute approximate surface area is 181 Å². The van der Waals surface area contributed by atoms with Crippen molar-refractivity contribution in [2.24, 2.45) is 0 Å². The van der Waals surface area contributed by atoms with Gasteiger partial charge in [0.05, 0.1) is 19.6 Å². The lowest BCUT2D eigenvalue weighted by molar-refractivity contribution is -0.143. The van der Waals surface area contributed by atoms with E-state index in [0.29, 0.717) is 13.0 Å². The minimum Gasteiger partial charge on any atom is -0.497 e. The second kappa shape index (κ2) is 12.3. The molecular weight excluding hydrogens is 400 g/mol. The summed E-state index contributed by atoms with van der Waals surface area (Å²) in [6.07, 6.45) is 1.06. The second-order valence-corrected chi connectivity index (χ2v) is 7.15. The molecule has 0 radical (unpaired) electrons. The molecule has 0 spiro atoms. The molecule has 0 aliphatic heterocycles. The lowest BCUT2D eigenvalue weighted by atomic mass is 10.0. The zero-order valence-corrected chi connectivity index (χ0v) is 17.4. The number of rotatable bonds is 13. The van der Waals surface area contributed by atoms with Crippen LogP contribution in [0.4, 0.5) is 0 Å². The Morgan fingerprint density at radius 3 is 2.32 bits per heavy atom. The van der Waals surface area contributed by atoms with Crippen LogP contribution in [0.5, 0.6) is 5.75 Å². The van der Waals surface area contributed by atoms with Crippen molar-refractivity contribution in [2.75, 3.05) is 13.7 Å². The molecule has 0 saturated heterocycles. The molecule has 8 nitrogen and oxygen atoms in total. The van der Waals surface area contributed by atoms with Gasteiger partial charge in [-0.3, -0.25) is 9.59 Å². The fraction of sp³-hybridized carbons (Fsp3) is 0.348. The normalized spacial score (nSPS) is 12.5. The highest BCUT2D eigenvalue weighted by atomic mass is 16.5. The van der Waals surface area contributed by atoms with Crippen molar-refractivity contribution >= 4 is 17.8 Å². The van der Waals surface area contributed by atoms with Crippen molar-refractivity contribution in [3.8, 4) is 5.75 Å². The first kappa shape index (κ1) is 23.9. The van der Waals surface area contributed by atoms with Gasteiger partial charge in [-0.2, -0.15) is 0 Å². The maximum Gasteiger partial charge on any atom is 0.326 e. The fourth-order valence-corrected chi connectivity index (χ4v) is 3.15. The van der Waals surface area contributed by atoms with Crippen molar-refractivity contribution in [2.45, 2.75) is 37.8 Å². The third-order valence-electron chi connectivity index (χ3n) is 4.76. The Kier molecular flexibility index (Phi) is 9.51. The molecule has 8 heteroatoms. The lowest BCUT2D eigenvalue weighted by Gasteiger charge is -2.20. The van der Waals surface area contributed by atoms with Crippen LogP contribution < -0.4 is 15.4 Å². The summed E-state index contributed by atoms with van der Waals surface area (Å²) in [5, 5.41) is 24.0. The predicted molar refractivity (Wildman–Crippen MR) is 115 cm³/mol. The molecule has 1 amide bonds. The molecule has 0 aliphatic rings. The highest BCUT2D eigenvalue weighted by molar-refractivity contribution is 5.89. The Hall–Kier alpha value is -3.39. The van der Waals surface area contributed by atoms with E-state index in [0.717, 1.165) is 23.3 Å². The van der Waals surface area contributed by atoms with Crippen LogP contribution in [0.25, 0.3) is 0 Å². The number of carbonyl (C=O) groups is 3. The number of methoxy groups -OCH3 is 1. The maximum absolute atomic E-state index is 12.6. The van der Waals surface area contributed by atoms with Crippen LogP contribution in [0.3, 0.4) is 0 Å². The summed E-state index contributed by atoms with van der Waals surface area (Å²) in [5.74, 6) is -2.21. The molecule has 4 N–H and O–H groups in total. The number of amides is 1. The molecule has 0 fully saturated rings. The average Bonchev–Trinajstić information content (AvgIpc) is 2.75. The number of hydrogen-bond donors (Lipinski definition) is 4. The third-order valence-corrected chi connectivity index (χ3v) is 4.76. The Morgan fingerprint density at radius 2 is 1.68 bits per heavy atom. The number of benzene rings is 2. The molecule has 0 aliphatic carbocycles. The van der Waals surface area contributed by atoms with Gasteiger partial charge in [0.2, 0.25) is 5.91 Å². The number of hydrogen-bond acceptors (Lipinski definition) is 5. The van der Waals surface area contributed by atoms with E-state index in [4.69, 9.17) is 9.84 Å². The number of aryl methyl sites for hydroxylation is 1. The van der Waals surface area contributed by atoms with E-state index in [1.54, 1.807) is 31.4 Å². The molecule has 0 unspecified atom stereocenters. The molecule has 0 bridgehead atoms. The van der Waals surface area contributed by atoms with Crippen LogP contribution in [0.1, 0.15) is 24.0 Å². The summed E-state index contributed by atoms with van der Waals surface area (Å²) in [4.78, 5) is 35.4. The summed E-state index contributed by atoms with van der Waals surface area (Å²) < 4.78 is 5.19. The first-order valence-electron chi connectivity index (χ1n) is 10.0. The van der Waals surface area contributed by atoms with Crippen molar-refractivity contribution in [1.82, 2.24) is 10.6 Å². The molecule has 2 rings (SSSR count). The van der Waals surface area contributed by atoms with Gasteiger partial charge in [0.25, 0.3) is 0 Å². The minimum atomic E-state index is -1.18. The first-order chi connectivity index (χ1) is 14.9. The average molecular weight is 428 g/mol. The lowest BCUT2D eigenvalue weighted by Crippen LogP contribution is -2.51. The van der Waals surface area contributed by atoms with Gasteiger partial charge in [0.1, 0.15) is 11.8 Å². The van der Waals surface area contributed by atoms with Crippen molar-refractivity contribution in [1.29, 1.82) is 0 Å². The van der Waals surface area contributed by atoms with Gasteiger partial charge in [0.15, 0.2) is 0 Å².